The van der Waals surface area contributed by atoms with Gasteiger partial charge in [0.2, 0.25) is 0 Å². The molecule has 1 aromatic rings. The van der Waals surface area contributed by atoms with Crippen LogP contribution < -0.4 is 5.32 Å². The van der Waals surface area contributed by atoms with Crippen LogP contribution >= 0.6 is 11.6 Å². The molecular formula is C14H22ClNO. The van der Waals surface area contributed by atoms with Crippen LogP contribution in [0, 0.1) is 5.41 Å². The third kappa shape index (κ3) is 7.24. The molecule has 0 saturated heterocycles. The molecule has 0 heterocycles. The summed E-state index contributed by atoms with van der Waals surface area (Å²) in [5.41, 5.74) is 1.39. The molecule has 1 aromatic carbocycles. The summed E-state index contributed by atoms with van der Waals surface area (Å²) in [5.74, 6) is 0. The molecule has 0 fully saturated rings. The Hall–Kier alpha value is -0.730. The molecule has 0 saturated carbocycles. The van der Waals surface area contributed by atoms with Crippen LogP contribution in [0.3, 0.4) is 0 Å². The quantitative estimate of drug-likeness (QED) is 0.769. The summed E-state index contributed by atoms with van der Waals surface area (Å²) in [4.78, 5) is 0. The number of benzene rings is 1. The summed E-state index contributed by atoms with van der Waals surface area (Å²) >= 11 is 5.89. The van der Waals surface area contributed by atoms with E-state index in [-0.39, 0.29) is 0 Å². The Labute approximate surface area is 109 Å². The second kappa shape index (κ2) is 6.87. The Morgan fingerprint density at radius 3 is 2.65 bits per heavy atom. The number of ether oxygens (including phenoxy) is 1. The SMILES string of the molecule is CC(C)(C)CCOCCNc1cccc(Cl)c1. The van der Waals surface area contributed by atoms with Crippen LogP contribution in [-0.2, 0) is 4.74 Å². The van der Waals surface area contributed by atoms with E-state index in [1.807, 2.05) is 24.3 Å². The first kappa shape index (κ1) is 14.3. The highest BCUT2D eigenvalue weighted by molar-refractivity contribution is 6.30. The highest BCUT2D eigenvalue weighted by Gasteiger charge is 2.08. The zero-order valence-electron chi connectivity index (χ0n) is 10.9. The van der Waals surface area contributed by atoms with Crippen molar-refractivity contribution in [1.29, 1.82) is 0 Å². The molecule has 0 atom stereocenters. The minimum Gasteiger partial charge on any atom is -0.383 e. The molecule has 0 aliphatic carbocycles. The lowest BCUT2D eigenvalue weighted by molar-refractivity contribution is 0.116. The predicted molar refractivity (Wildman–Crippen MR) is 74.8 cm³/mol. The highest BCUT2D eigenvalue weighted by atomic mass is 35.5. The maximum Gasteiger partial charge on any atom is 0.0639 e. The fourth-order valence-corrected chi connectivity index (χ4v) is 1.54. The molecule has 0 amide bonds. The van der Waals surface area contributed by atoms with Crippen molar-refractivity contribution < 1.29 is 4.74 Å². The van der Waals surface area contributed by atoms with E-state index in [4.69, 9.17) is 16.3 Å². The molecular weight excluding hydrogens is 234 g/mol. The van der Waals surface area contributed by atoms with E-state index in [1.54, 1.807) is 0 Å². The third-order valence-electron chi connectivity index (χ3n) is 2.40. The van der Waals surface area contributed by atoms with Crippen molar-refractivity contribution in [1.82, 2.24) is 0 Å². The summed E-state index contributed by atoms with van der Waals surface area (Å²) in [5, 5.41) is 4.03. The summed E-state index contributed by atoms with van der Waals surface area (Å²) < 4.78 is 5.57. The number of anilines is 1. The topological polar surface area (TPSA) is 21.3 Å². The van der Waals surface area contributed by atoms with Crippen LogP contribution in [0.15, 0.2) is 24.3 Å². The molecule has 0 unspecified atom stereocenters. The van der Waals surface area contributed by atoms with E-state index in [1.165, 1.54) is 0 Å². The molecule has 0 radical (unpaired) electrons. The van der Waals surface area contributed by atoms with Crippen molar-refractivity contribution in [2.45, 2.75) is 27.2 Å². The third-order valence-corrected chi connectivity index (χ3v) is 2.63. The van der Waals surface area contributed by atoms with Gasteiger partial charge in [-0.25, -0.2) is 0 Å². The van der Waals surface area contributed by atoms with Gasteiger partial charge < -0.3 is 10.1 Å². The van der Waals surface area contributed by atoms with Crippen molar-refractivity contribution in [3.05, 3.63) is 29.3 Å². The lowest BCUT2D eigenvalue weighted by atomic mass is 9.93. The van der Waals surface area contributed by atoms with Crippen LogP contribution in [0.4, 0.5) is 5.69 Å². The summed E-state index contributed by atoms with van der Waals surface area (Å²) in [6.45, 7) is 9.02. The minimum atomic E-state index is 0.348. The molecule has 1 N–H and O–H groups in total. The second-order valence-corrected chi connectivity index (χ2v) is 5.80. The van der Waals surface area contributed by atoms with Gasteiger partial charge in [-0.3, -0.25) is 0 Å². The average Bonchev–Trinajstić information content (AvgIpc) is 2.22. The lowest BCUT2D eigenvalue weighted by Crippen LogP contribution is -2.14. The first-order chi connectivity index (χ1) is 7.97. The van der Waals surface area contributed by atoms with Crippen molar-refractivity contribution in [2.75, 3.05) is 25.1 Å². The fourth-order valence-electron chi connectivity index (χ4n) is 1.35. The molecule has 2 nitrogen and oxygen atoms in total. The number of rotatable bonds is 6. The van der Waals surface area contributed by atoms with Crippen molar-refractivity contribution in [3.8, 4) is 0 Å². The van der Waals surface area contributed by atoms with Crippen molar-refractivity contribution in [3.63, 3.8) is 0 Å². The van der Waals surface area contributed by atoms with E-state index in [0.717, 1.165) is 36.9 Å². The smallest absolute Gasteiger partial charge is 0.0639 e. The molecule has 96 valence electrons. The van der Waals surface area contributed by atoms with Crippen LogP contribution in [0.1, 0.15) is 27.2 Å². The van der Waals surface area contributed by atoms with Gasteiger partial charge in [0.15, 0.2) is 0 Å². The van der Waals surface area contributed by atoms with E-state index in [9.17, 15) is 0 Å². The maximum atomic E-state index is 5.89. The van der Waals surface area contributed by atoms with Gasteiger partial charge in [0.25, 0.3) is 0 Å². The first-order valence-corrected chi connectivity index (χ1v) is 6.42. The summed E-state index contributed by atoms with van der Waals surface area (Å²) in [6.07, 6.45) is 1.09. The Morgan fingerprint density at radius 2 is 2.00 bits per heavy atom. The van der Waals surface area contributed by atoms with E-state index >= 15 is 0 Å². The molecule has 0 bridgehead atoms. The van der Waals surface area contributed by atoms with Crippen LogP contribution in [0.25, 0.3) is 0 Å². The average molecular weight is 256 g/mol. The predicted octanol–water partition coefficient (Wildman–Crippen LogP) is 4.20. The number of nitrogens with one attached hydrogen (secondary N) is 1. The van der Waals surface area contributed by atoms with Gasteiger partial charge in [-0.1, -0.05) is 38.4 Å². The lowest BCUT2D eigenvalue weighted by Gasteiger charge is -2.17. The molecule has 3 heteroatoms. The van der Waals surface area contributed by atoms with Gasteiger partial charge in [-0.05, 0) is 30.0 Å². The first-order valence-electron chi connectivity index (χ1n) is 6.04. The van der Waals surface area contributed by atoms with Gasteiger partial charge >= 0.3 is 0 Å². The maximum absolute atomic E-state index is 5.89. The summed E-state index contributed by atoms with van der Waals surface area (Å²) in [6, 6.07) is 7.72. The number of hydrogen-bond donors (Lipinski definition) is 1. The Bertz CT molecular complexity index is 333. The Kier molecular flexibility index (Phi) is 5.79. The Morgan fingerprint density at radius 1 is 1.24 bits per heavy atom. The molecule has 0 aliphatic heterocycles. The molecule has 1 rings (SSSR count). The largest absolute Gasteiger partial charge is 0.383 e. The normalized spacial score (nSPS) is 11.5. The summed E-state index contributed by atoms with van der Waals surface area (Å²) in [7, 11) is 0. The fraction of sp³-hybridized carbons (Fsp3) is 0.571. The molecule has 0 aromatic heterocycles. The van der Waals surface area contributed by atoms with Gasteiger partial charge in [0.1, 0.15) is 0 Å². The van der Waals surface area contributed by atoms with Crippen molar-refractivity contribution >= 4 is 17.3 Å². The van der Waals surface area contributed by atoms with E-state index in [2.05, 4.69) is 26.1 Å². The highest BCUT2D eigenvalue weighted by Crippen LogP contribution is 2.18. The van der Waals surface area contributed by atoms with E-state index in [0.29, 0.717) is 5.41 Å². The molecule has 17 heavy (non-hydrogen) atoms. The van der Waals surface area contributed by atoms with Crippen LogP contribution in [-0.4, -0.2) is 19.8 Å². The zero-order chi connectivity index (χ0) is 12.7. The van der Waals surface area contributed by atoms with Crippen molar-refractivity contribution in [2.24, 2.45) is 5.41 Å². The monoisotopic (exact) mass is 255 g/mol. The number of halogens is 1. The number of hydrogen-bond acceptors (Lipinski definition) is 2. The standard InChI is InChI=1S/C14H22ClNO/c1-14(2,3)7-9-17-10-8-16-13-6-4-5-12(15)11-13/h4-6,11,16H,7-10H2,1-3H3. The van der Waals surface area contributed by atoms with Crippen LogP contribution in [0.5, 0.6) is 0 Å². The van der Waals surface area contributed by atoms with Gasteiger partial charge in [0.05, 0.1) is 6.61 Å². The zero-order valence-corrected chi connectivity index (χ0v) is 11.7. The molecule has 0 spiro atoms. The van der Waals surface area contributed by atoms with E-state index < -0.39 is 0 Å². The van der Waals surface area contributed by atoms with Crippen LogP contribution in [0.2, 0.25) is 5.02 Å². The second-order valence-electron chi connectivity index (χ2n) is 5.36. The molecule has 0 aliphatic rings. The van der Waals surface area contributed by atoms with Gasteiger partial charge in [-0.2, -0.15) is 0 Å². The van der Waals surface area contributed by atoms with Gasteiger partial charge in [-0.15, -0.1) is 0 Å². The van der Waals surface area contributed by atoms with Gasteiger partial charge in [0, 0.05) is 23.9 Å². The Balaban J connectivity index is 2.09. The minimum absolute atomic E-state index is 0.348.